The molecule has 1 N–H and O–H groups in total. The predicted octanol–water partition coefficient (Wildman–Crippen LogP) is 5.08. The van der Waals surface area contributed by atoms with Crippen molar-refractivity contribution in [3.8, 4) is 17.3 Å². The zero-order valence-corrected chi connectivity index (χ0v) is 22.6. The first-order chi connectivity index (χ1) is 19.9. The number of rotatable bonds is 7. The van der Waals surface area contributed by atoms with Gasteiger partial charge in [-0.05, 0) is 24.3 Å². The second-order valence-corrected chi connectivity index (χ2v) is 10.3. The van der Waals surface area contributed by atoms with Crippen LogP contribution < -0.4 is 9.64 Å². The molecule has 1 amide bonds. The van der Waals surface area contributed by atoms with Crippen molar-refractivity contribution in [2.75, 3.05) is 31.2 Å². The molecule has 2 unspecified atom stereocenters. The Morgan fingerprint density at radius 3 is 2.59 bits per heavy atom. The van der Waals surface area contributed by atoms with Crippen LogP contribution in [0, 0.1) is 5.82 Å². The lowest BCUT2D eigenvalue weighted by Gasteiger charge is -2.41. The molecule has 2 aromatic carbocycles. The standard InChI is InChI=1S/C29H25ClFN5O5/c1-2-11-40-29(39)36-17-9-10-18(36)14-35(13-17)27-20-12-32-25(19-7-3-5-16-6-4-8-21(30)23(16)19)24(31)26(20)33-28(34-27)41-15-22(37)38/h2-8,12,17-18H,1,9-11,13-15H2,(H,37,38). The Bertz CT molecular complexity index is 1680. The van der Waals surface area contributed by atoms with Gasteiger partial charge in [0, 0.05) is 35.3 Å². The van der Waals surface area contributed by atoms with Crippen LogP contribution in [-0.4, -0.2) is 75.4 Å². The maximum atomic E-state index is 16.3. The molecule has 41 heavy (non-hydrogen) atoms. The number of carbonyl (C=O) groups is 2. The number of amides is 1. The van der Waals surface area contributed by atoms with E-state index in [1.165, 1.54) is 12.3 Å². The van der Waals surface area contributed by atoms with Crippen LogP contribution in [0.25, 0.3) is 32.9 Å². The molecule has 210 valence electrons. The number of benzene rings is 2. The Morgan fingerprint density at radius 2 is 1.88 bits per heavy atom. The Morgan fingerprint density at radius 1 is 1.15 bits per heavy atom. The number of anilines is 1. The van der Waals surface area contributed by atoms with Gasteiger partial charge in [0.15, 0.2) is 12.4 Å². The first-order valence-electron chi connectivity index (χ1n) is 13.0. The Hall–Kier alpha value is -4.51. The van der Waals surface area contributed by atoms with E-state index in [0.29, 0.717) is 40.3 Å². The normalized spacial score (nSPS) is 18.1. The molecular weight excluding hydrogens is 553 g/mol. The molecule has 4 heterocycles. The molecular formula is C29H25ClFN5O5. The number of carboxylic acid groups (broad SMARTS) is 1. The predicted molar refractivity (Wildman–Crippen MR) is 151 cm³/mol. The van der Waals surface area contributed by atoms with Crippen LogP contribution in [0.5, 0.6) is 6.01 Å². The Balaban J connectivity index is 1.44. The van der Waals surface area contributed by atoms with E-state index < -0.39 is 24.5 Å². The summed E-state index contributed by atoms with van der Waals surface area (Å²) in [6, 6.07) is 10.3. The lowest BCUT2D eigenvalue weighted by molar-refractivity contribution is -0.139. The topological polar surface area (TPSA) is 118 Å². The van der Waals surface area contributed by atoms with Crippen molar-refractivity contribution in [1.29, 1.82) is 0 Å². The molecule has 0 spiro atoms. The number of halogens is 2. The molecule has 2 atom stereocenters. The number of piperazine rings is 1. The van der Waals surface area contributed by atoms with E-state index in [9.17, 15) is 9.59 Å². The van der Waals surface area contributed by atoms with Gasteiger partial charge < -0.3 is 19.5 Å². The number of nitrogens with zero attached hydrogens (tertiary/aromatic N) is 5. The minimum absolute atomic E-state index is 0.0416. The Kier molecular flexibility index (Phi) is 7.04. The lowest BCUT2D eigenvalue weighted by atomic mass is 10.0. The van der Waals surface area contributed by atoms with Crippen LogP contribution >= 0.6 is 11.6 Å². The zero-order chi connectivity index (χ0) is 28.7. The SMILES string of the molecule is C=CCOC(=O)N1C2CCC1CN(c1nc(OCC(=O)O)nc3c(F)c(-c4cccc5cccc(Cl)c45)ncc13)C2. The van der Waals surface area contributed by atoms with Crippen LogP contribution in [-0.2, 0) is 9.53 Å². The molecule has 2 aliphatic rings. The van der Waals surface area contributed by atoms with Gasteiger partial charge in [0.05, 0.1) is 17.5 Å². The first kappa shape index (κ1) is 26.7. The fraction of sp³-hybridized carbons (Fsp3) is 0.276. The largest absolute Gasteiger partial charge is 0.479 e. The van der Waals surface area contributed by atoms with Crippen LogP contribution in [0.2, 0.25) is 5.02 Å². The number of carbonyl (C=O) groups excluding carboxylic acids is 1. The minimum Gasteiger partial charge on any atom is -0.479 e. The lowest BCUT2D eigenvalue weighted by Crippen LogP contribution is -2.56. The maximum Gasteiger partial charge on any atom is 0.410 e. The number of ether oxygens (including phenoxy) is 2. The van der Waals surface area contributed by atoms with Gasteiger partial charge in [-0.25, -0.2) is 14.0 Å². The molecule has 0 radical (unpaired) electrons. The van der Waals surface area contributed by atoms with Crippen molar-refractivity contribution < 1.29 is 28.6 Å². The second-order valence-electron chi connectivity index (χ2n) is 9.90. The van der Waals surface area contributed by atoms with Crippen LogP contribution in [0.1, 0.15) is 12.8 Å². The number of hydrogen-bond donors (Lipinski definition) is 1. The van der Waals surface area contributed by atoms with Crippen LogP contribution in [0.3, 0.4) is 0 Å². The first-order valence-corrected chi connectivity index (χ1v) is 13.4. The third-order valence-electron chi connectivity index (χ3n) is 7.39. The highest BCUT2D eigenvalue weighted by molar-refractivity contribution is 6.36. The average molecular weight is 578 g/mol. The summed E-state index contributed by atoms with van der Waals surface area (Å²) < 4.78 is 26.9. The summed E-state index contributed by atoms with van der Waals surface area (Å²) >= 11 is 6.50. The van der Waals surface area contributed by atoms with E-state index in [1.54, 1.807) is 23.1 Å². The highest BCUT2D eigenvalue weighted by atomic mass is 35.5. The molecule has 2 fully saturated rings. The third kappa shape index (κ3) is 4.86. The number of aromatic nitrogens is 3. The molecule has 6 rings (SSSR count). The molecule has 10 nitrogen and oxygen atoms in total. The zero-order valence-electron chi connectivity index (χ0n) is 21.8. The van der Waals surface area contributed by atoms with E-state index in [-0.39, 0.29) is 35.9 Å². The fourth-order valence-electron chi connectivity index (χ4n) is 5.71. The van der Waals surface area contributed by atoms with Gasteiger partial charge in [0.2, 0.25) is 0 Å². The van der Waals surface area contributed by atoms with Crippen molar-refractivity contribution in [3.63, 3.8) is 0 Å². The van der Waals surface area contributed by atoms with Crippen molar-refractivity contribution in [3.05, 3.63) is 66.1 Å². The summed E-state index contributed by atoms with van der Waals surface area (Å²) in [5.74, 6) is -1.59. The molecule has 12 heteroatoms. The molecule has 2 aromatic heterocycles. The Labute approximate surface area is 239 Å². The number of aliphatic carboxylic acids is 1. The van der Waals surface area contributed by atoms with Gasteiger partial charge in [0.25, 0.3) is 0 Å². The van der Waals surface area contributed by atoms with Crippen molar-refractivity contribution in [2.24, 2.45) is 0 Å². The third-order valence-corrected chi connectivity index (χ3v) is 7.71. The minimum atomic E-state index is -1.22. The smallest absolute Gasteiger partial charge is 0.410 e. The summed E-state index contributed by atoms with van der Waals surface area (Å²) in [7, 11) is 0. The van der Waals surface area contributed by atoms with Crippen LogP contribution in [0.15, 0.2) is 55.3 Å². The molecule has 2 bridgehead atoms. The average Bonchev–Trinajstić information content (AvgIpc) is 3.24. The van der Waals surface area contributed by atoms with Gasteiger partial charge in [-0.3, -0.25) is 9.88 Å². The van der Waals surface area contributed by atoms with Gasteiger partial charge >= 0.3 is 18.1 Å². The van der Waals surface area contributed by atoms with Gasteiger partial charge in [-0.1, -0.05) is 54.6 Å². The molecule has 4 aromatic rings. The fourth-order valence-corrected chi connectivity index (χ4v) is 6.00. The number of hydrogen-bond acceptors (Lipinski definition) is 8. The van der Waals surface area contributed by atoms with E-state index >= 15 is 4.39 Å². The van der Waals surface area contributed by atoms with Gasteiger partial charge in [-0.15, -0.1) is 0 Å². The number of fused-ring (bicyclic) bond motifs is 4. The summed E-state index contributed by atoms with van der Waals surface area (Å²) in [6.45, 7) is 3.83. The number of pyridine rings is 1. The van der Waals surface area contributed by atoms with Gasteiger partial charge in [0.1, 0.15) is 23.6 Å². The van der Waals surface area contributed by atoms with E-state index in [0.717, 1.165) is 18.2 Å². The summed E-state index contributed by atoms with van der Waals surface area (Å²) in [4.78, 5) is 40.8. The van der Waals surface area contributed by atoms with Crippen molar-refractivity contribution in [2.45, 2.75) is 24.9 Å². The molecule has 0 saturated carbocycles. The quantitative estimate of drug-likeness (QED) is 0.300. The summed E-state index contributed by atoms with van der Waals surface area (Å²) in [5.41, 5.74) is 0.467. The van der Waals surface area contributed by atoms with Crippen LogP contribution in [0.4, 0.5) is 15.0 Å². The highest BCUT2D eigenvalue weighted by Gasteiger charge is 2.44. The maximum absolute atomic E-state index is 16.3. The molecule has 2 aliphatic heterocycles. The number of carboxylic acids is 1. The van der Waals surface area contributed by atoms with Crippen molar-refractivity contribution >= 4 is 51.2 Å². The van der Waals surface area contributed by atoms with Crippen molar-refractivity contribution in [1.82, 2.24) is 19.9 Å². The van der Waals surface area contributed by atoms with Gasteiger partial charge in [-0.2, -0.15) is 9.97 Å². The van der Waals surface area contributed by atoms with E-state index in [1.807, 2.05) is 23.1 Å². The highest BCUT2D eigenvalue weighted by Crippen LogP contribution is 2.39. The van der Waals surface area contributed by atoms with E-state index in [4.69, 9.17) is 26.2 Å². The van der Waals surface area contributed by atoms with E-state index in [2.05, 4.69) is 21.5 Å². The second kappa shape index (κ2) is 10.8. The molecule has 2 saturated heterocycles. The molecule has 0 aliphatic carbocycles. The summed E-state index contributed by atoms with van der Waals surface area (Å²) in [6.07, 6.45) is 4.17. The summed E-state index contributed by atoms with van der Waals surface area (Å²) in [5, 5.41) is 11.4. The monoisotopic (exact) mass is 577 g/mol.